The second kappa shape index (κ2) is 9.44. The first kappa shape index (κ1) is 23.0. The molecule has 182 valence electrons. The highest BCUT2D eigenvalue weighted by Gasteiger charge is 2.25. The molecule has 0 saturated carbocycles. The Bertz CT molecular complexity index is 1320. The zero-order chi connectivity index (χ0) is 24.5. The monoisotopic (exact) mass is 472 g/mol. The van der Waals surface area contributed by atoms with Crippen LogP contribution in [0.15, 0.2) is 61.2 Å². The molecule has 1 saturated heterocycles. The first-order valence-electron chi connectivity index (χ1n) is 12.2. The Labute approximate surface area is 205 Å². The molecule has 35 heavy (non-hydrogen) atoms. The molecule has 1 fully saturated rings. The number of amides is 1. The van der Waals surface area contributed by atoms with E-state index < -0.39 is 0 Å². The van der Waals surface area contributed by atoms with Crippen LogP contribution in [0.1, 0.15) is 43.9 Å². The third kappa shape index (κ3) is 4.73. The zero-order valence-electron chi connectivity index (χ0n) is 20.8. The standard InChI is InChI=1S/C27H32N6O2/c1-19(2)21-5-7-22(8-6-21)20(3)35-27(34)32-13-11-31(12-14-32)26-16-29-33-18-23(9-10-25(26)33)24-15-28-30(4)17-24/h5-10,15-20H,11-14H2,1-4H3. The van der Waals surface area contributed by atoms with Gasteiger partial charge in [-0.15, -0.1) is 0 Å². The van der Waals surface area contributed by atoms with Crippen molar-refractivity contribution in [2.24, 2.45) is 7.05 Å². The van der Waals surface area contributed by atoms with E-state index in [0.717, 1.165) is 41.0 Å². The van der Waals surface area contributed by atoms with Crippen molar-refractivity contribution in [3.05, 3.63) is 72.3 Å². The van der Waals surface area contributed by atoms with Gasteiger partial charge >= 0.3 is 6.09 Å². The van der Waals surface area contributed by atoms with E-state index in [9.17, 15) is 4.79 Å². The number of nitrogens with zero attached hydrogens (tertiary/aromatic N) is 6. The quantitative estimate of drug-likeness (QED) is 0.414. The minimum atomic E-state index is -0.282. The number of ether oxygens (including phenoxy) is 1. The fraction of sp³-hybridized carbons (Fsp3) is 0.370. The van der Waals surface area contributed by atoms with E-state index in [1.54, 1.807) is 9.58 Å². The Kier molecular flexibility index (Phi) is 6.19. The number of carbonyl (C=O) groups is 1. The average molecular weight is 473 g/mol. The summed E-state index contributed by atoms with van der Waals surface area (Å²) in [6.07, 6.45) is 7.23. The van der Waals surface area contributed by atoms with Gasteiger partial charge in [-0.05, 0) is 30.0 Å². The summed E-state index contributed by atoms with van der Waals surface area (Å²) in [4.78, 5) is 16.9. The van der Waals surface area contributed by atoms with E-state index in [1.807, 2.05) is 43.3 Å². The molecule has 4 heterocycles. The normalized spacial score (nSPS) is 15.1. The molecule has 0 spiro atoms. The van der Waals surface area contributed by atoms with Crippen molar-refractivity contribution in [2.45, 2.75) is 32.8 Å². The first-order chi connectivity index (χ1) is 16.9. The van der Waals surface area contributed by atoms with E-state index in [4.69, 9.17) is 4.74 Å². The van der Waals surface area contributed by atoms with E-state index in [1.165, 1.54) is 5.56 Å². The summed E-state index contributed by atoms with van der Waals surface area (Å²) in [5.41, 5.74) is 6.55. The van der Waals surface area contributed by atoms with Gasteiger partial charge in [0.25, 0.3) is 0 Å². The highest BCUT2D eigenvalue weighted by Crippen LogP contribution is 2.27. The van der Waals surface area contributed by atoms with Crippen LogP contribution in [-0.4, -0.2) is 56.6 Å². The number of fused-ring (bicyclic) bond motifs is 1. The van der Waals surface area contributed by atoms with Gasteiger partial charge in [0.1, 0.15) is 6.10 Å². The molecule has 1 unspecified atom stereocenters. The van der Waals surface area contributed by atoms with Crippen molar-refractivity contribution >= 4 is 17.3 Å². The smallest absolute Gasteiger partial charge is 0.410 e. The van der Waals surface area contributed by atoms with Gasteiger partial charge in [0.15, 0.2) is 0 Å². The Balaban J connectivity index is 1.20. The van der Waals surface area contributed by atoms with Crippen LogP contribution in [0.3, 0.4) is 0 Å². The van der Waals surface area contributed by atoms with Crippen LogP contribution >= 0.6 is 0 Å². The minimum Gasteiger partial charge on any atom is -0.442 e. The molecule has 8 nitrogen and oxygen atoms in total. The van der Waals surface area contributed by atoms with E-state index in [-0.39, 0.29) is 12.2 Å². The van der Waals surface area contributed by atoms with Crippen molar-refractivity contribution in [3.8, 4) is 11.1 Å². The molecule has 8 heteroatoms. The molecule has 5 rings (SSSR count). The fourth-order valence-corrected chi connectivity index (χ4v) is 4.53. The zero-order valence-corrected chi connectivity index (χ0v) is 20.8. The summed E-state index contributed by atoms with van der Waals surface area (Å²) in [6, 6.07) is 12.5. The molecular formula is C27H32N6O2. The summed E-state index contributed by atoms with van der Waals surface area (Å²) in [6.45, 7) is 8.97. The van der Waals surface area contributed by atoms with Gasteiger partial charge in [-0.2, -0.15) is 10.2 Å². The van der Waals surface area contributed by atoms with Crippen LogP contribution in [0.25, 0.3) is 16.6 Å². The highest BCUT2D eigenvalue weighted by atomic mass is 16.6. The lowest BCUT2D eigenvalue weighted by molar-refractivity contribution is 0.0681. The van der Waals surface area contributed by atoms with Crippen LogP contribution in [0.2, 0.25) is 0 Å². The lowest BCUT2D eigenvalue weighted by atomic mass is 10.0. The topological polar surface area (TPSA) is 67.9 Å². The molecule has 1 amide bonds. The molecule has 3 aromatic heterocycles. The number of pyridine rings is 1. The van der Waals surface area contributed by atoms with Crippen molar-refractivity contribution in [2.75, 3.05) is 31.1 Å². The number of carbonyl (C=O) groups excluding carboxylic acids is 1. The van der Waals surface area contributed by atoms with E-state index >= 15 is 0 Å². The van der Waals surface area contributed by atoms with Crippen LogP contribution in [0.5, 0.6) is 0 Å². The second-order valence-corrected chi connectivity index (χ2v) is 9.50. The maximum atomic E-state index is 12.8. The first-order valence-corrected chi connectivity index (χ1v) is 12.2. The number of hydrogen-bond donors (Lipinski definition) is 0. The number of anilines is 1. The SMILES string of the molecule is CC(C)c1ccc(C(C)OC(=O)N2CCN(c3cnn4cc(-c5cnn(C)c5)ccc34)CC2)cc1. The Hall–Kier alpha value is -3.81. The van der Waals surface area contributed by atoms with Crippen LogP contribution < -0.4 is 4.90 Å². The van der Waals surface area contributed by atoms with Gasteiger partial charge in [0.05, 0.1) is 23.6 Å². The summed E-state index contributed by atoms with van der Waals surface area (Å²) in [7, 11) is 1.91. The third-order valence-electron chi connectivity index (χ3n) is 6.76. The number of piperazine rings is 1. The van der Waals surface area contributed by atoms with Crippen LogP contribution in [0.4, 0.5) is 10.5 Å². The molecule has 1 aliphatic rings. The Morgan fingerprint density at radius 3 is 2.23 bits per heavy atom. The second-order valence-electron chi connectivity index (χ2n) is 9.50. The summed E-state index contributed by atoms with van der Waals surface area (Å²) in [5, 5.41) is 8.83. The lowest BCUT2D eigenvalue weighted by Crippen LogP contribution is -2.49. The number of aryl methyl sites for hydroxylation is 1. The summed E-state index contributed by atoms with van der Waals surface area (Å²) >= 11 is 0. The molecular weight excluding hydrogens is 440 g/mol. The van der Waals surface area contributed by atoms with E-state index in [0.29, 0.717) is 19.0 Å². The van der Waals surface area contributed by atoms with Crippen LogP contribution in [-0.2, 0) is 11.8 Å². The van der Waals surface area contributed by atoms with Gasteiger partial charge in [0.2, 0.25) is 0 Å². The van der Waals surface area contributed by atoms with Gasteiger partial charge in [-0.25, -0.2) is 9.31 Å². The predicted octanol–water partition coefficient (Wildman–Crippen LogP) is 4.88. The molecule has 0 bridgehead atoms. The van der Waals surface area contributed by atoms with Gasteiger partial charge < -0.3 is 14.5 Å². The maximum absolute atomic E-state index is 12.8. The van der Waals surface area contributed by atoms with Gasteiger partial charge in [-0.1, -0.05) is 44.2 Å². The molecule has 1 atom stereocenters. The average Bonchev–Trinajstić information content (AvgIpc) is 3.50. The van der Waals surface area contributed by atoms with Crippen LogP contribution in [0, 0.1) is 0 Å². The Morgan fingerprint density at radius 1 is 0.857 bits per heavy atom. The molecule has 0 aliphatic carbocycles. The fourth-order valence-electron chi connectivity index (χ4n) is 4.53. The van der Waals surface area contributed by atoms with Crippen molar-refractivity contribution in [1.29, 1.82) is 0 Å². The number of hydrogen-bond acceptors (Lipinski definition) is 5. The van der Waals surface area contributed by atoms with Gasteiger partial charge in [0, 0.05) is 56.7 Å². The maximum Gasteiger partial charge on any atom is 0.410 e. The van der Waals surface area contributed by atoms with Crippen molar-refractivity contribution < 1.29 is 9.53 Å². The minimum absolute atomic E-state index is 0.258. The molecule has 0 radical (unpaired) electrons. The largest absolute Gasteiger partial charge is 0.442 e. The Morgan fingerprint density at radius 2 is 1.57 bits per heavy atom. The molecule has 1 aromatic carbocycles. The molecule has 1 aliphatic heterocycles. The van der Waals surface area contributed by atoms with Crippen molar-refractivity contribution in [1.82, 2.24) is 24.3 Å². The molecule has 0 N–H and O–H groups in total. The third-order valence-corrected chi connectivity index (χ3v) is 6.76. The van der Waals surface area contributed by atoms with Gasteiger partial charge in [-0.3, -0.25) is 4.68 Å². The summed E-state index contributed by atoms with van der Waals surface area (Å²) < 4.78 is 9.48. The molecule has 4 aromatic rings. The van der Waals surface area contributed by atoms with E-state index in [2.05, 4.69) is 65.3 Å². The predicted molar refractivity (Wildman–Crippen MR) is 137 cm³/mol. The highest BCUT2D eigenvalue weighted by molar-refractivity contribution is 5.76. The summed E-state index contributed by atoms with van der Waals surface area (Å²) in [5.74, 6) is 0.481. The number of benzene rings is 1. The lowest BCUT2D eigenvalue weighted by Gasteiger charge is -2.35. The number of aromatic nitrogens is 4. The number of rotatable bonds is 5. The van der Waals surface area contributed by atoms with Crippen molar-refractivity contribution in [3.63, 3.8) is 0 Å².